The maximum absolute atomic E-state index is 11.0. The molecular formula is C10H12O4. The quantitative estimate of drug-likeness (QED) is 0.735. The largest absolute Gasteiger partial charge is 0.477 e. The van der Waals surface area contributed by atoms with Gasteiger partial charge in [-0.25, -0.2) is 4.79 Å². The fraction of sp³-hybridized carbons (Fsp3) is 0.300. The number of hydrogen-bond donors (Lipinski definition) is 1. The number of methoxy groups -OCH3 is 2. The van der Waals surface area contributed by atoms with Crippen LogP contribution in [0, 0.1) is 0 Å². The fourth-order valence-electron chi connectivity index (χ4n) is 1.27. The lowest BCUT2D eigenvalue weighted by Crippen LogP contribution is -2.39. The second-order valence-corrected chi connectivity index (χ2v) is 2.70. The number of benzene rings is 1. The Hall–Kier alpha value is -1.39. The molecule has 14 heavy (non-hydrogen) atoms. The first-order chi connectivity index (χ1) is 6.67. The number of ether oxygens (including phenoxy) is 2. The molecule has 1 aromatic carbocycles. The average Bonchev–Trinajstić information content (AvgIpc) is 2.22. The van der Waals surface area contributed by atoms with E-state index < -0.39 is 11.8 Å². The van der Waals surface area contributed by atoms with Gasteiger partial charge in [-0.05, 0) is 0 Å². The van der Waals surface area contributed by atoms with Crippen LogP contribution in [-0.2, 0) is 20.1 Å². The zero-order chi connectivity index (χ0) is 10.6. The predicted molar refractivity (Wildman–Crippen MR) is 49.8 cm³/mol. The smallest absolute Gasteiger partial charge is 0.369 e. The van der Waals surface area contributed by atoms with Gasteiger partial charge >= 0.3 is 5.97 Å². The lowest BCUT2D eigenvalue weighted by atomic mass is 10.1. The summed E-state index contributed by atoms with van der Waals surface area (Å²) in [5.74, 6) is -2.88. The summed E-state index contributed by atoms with van der Waals surface area (Å²) in [7, 11) is 2.59. The van der Waals surface area contributed by atoms with Crippen LogP contribution < -0.4 is 0 Å². The van der Waals surface area contributed by atoms with Gasteiger partial charge in [0, 0.05) is 19.8 Å². The summed E-state index contributed by atoms with van der Waals surface area (Å²) in [4.78, 5) is 11.0. The summed E-state index contributed by atoms with van der Waals surface area (Å²) >= 11 is 0. The van der Waals surface area contributed by atoms with Crippen LogP contribution in [0.1, 0.15) is 5.56 Å². The summed E-state index contributed by atoms with van der Waals surface area (Å²) in [6.07, 6.45) is 0. The van der Waals surface area contributed by atoms with Gasteiger partial charge in [0.2, 0.25) is 0 Å². The van der Waals surface area contributed by atoms with Crippen LogP contribution in [0.25, 0.3) is 0 Å². The Morgan fingerprint density at radius 1 is 1.21 bits per heavy atom. The molecule has 0 aromatic heterocycles. The first kappa shape index (κ1) is 10.7. The van der Waals surface area contributed by atoms with Crippen LogP contribution in [-0.4, -0.2) is 25.3 Å². The van der Waals surface area contributed by atoms with E-state index in [2.05, 4.69) is 0 Å². The molecule has 0 amide bonds. The molecule has 0 bridgehead atoms. The number of hydrogen-bond acceptors (Lipinski definition) is 3. The minimum atomic E-state index is -1.71. The summed E-state index contributed by atoms with van der Waals surface area (Å²) in [6, 6.07) is 8.53. The normalized spacial score (nSPS) is 11.3. The van der Waals surface area contributed by atoms with Crippen LogP contribution in [0.4, 0.5) is 0 Å². The van der Waals surface area contributed by atoms with Crippen molar-refractivity contribution in [2.45, 2.75) is 5.79 Å². The highest BCUT2D eigenvalue weighted by Crippen LogP contribution is 2.25. The van der Waals surface area contributed by atoms with Crippen molar-refractivity contribution in [1.82, 2.24) is 0 Å². The van der Waals surface area contributed by atoms with E-state index in [9.17, 15) is 4.79 Å². The van der Waals surface area contributed by atoms with Gasteiger partial charge in [-0.15, -0.1) is 0 Å². The molecular weight excluding hydrogens is 184 g/mol. The second-order valence-electron chi connectivity index (χ2n) is 2.70. The summed E-state index contributed by atoms with van der Waals surface area (Å²) in [5, 5.41) is 9.03. The number of carbonyl (C=O) groups is 1. The predicted octanol–water partition coefficient (Wildman–Crippen LogP) is 1.22. The average molecular weight is 196 g/mol. The highest BCUT2D eigenvalue weighted by Gasteiger charge is 2.41. The molecule has 0 unspecified atom stereocenters. The monoisotopic (exact) mass is 196 g/mol. The molecule has 76 valence electrons. The van der Waals surface area contributed by atoms with E-state index in [0.717, 1.165) is 0 Å². The van der Waals surface area contributed by atoms with Crippen LogP contribution in [0.15, 0.2) is 30.3 Å². The molecule has 0 saturated heterocycles. The van der Waals surface area contributed by atoms with Gasteiger partial charge in [-0.2, -0.15) is 0 Å². The molecule has 0 radical (unpaired) electrons. The van der Waals surface area contributed by atoms with Crippen molar-refractivity contribution in [2.75, 3.05) is 14.2 Å². The van der Waals surface area contributed by atoms with Crippen LogP contribution in [0.3, 0.4) is 0 Å². The third-order valence-electron chi connectivity index (χ3n) is 2.01. The molecule has 0 aliphatic carbocycles. The minimum Gasteiger partial charge on any atom is -0.477 e. The maximum atomic E-state index is 11.0. The Labute approximate surface area is 82.1 Å². The number of carboxylic acid groups (broad SMARTS) is 1. The van der Waals surface area contributed by atoms with Crippen LogP contribution >= 0.6 is 0 Å². The highest BCUT2D eigenvalue weighted by atomic mass is 16.7. The van der Waals surface area contributed by atoms with Crippen molar-refractivity contribution < 1.29 is 19.4 Å². The Kier molecular flexibility index (Phi) is 3.22. The van der Waals surface area contributed by atoms with Gasteiger partial charge < -0.3 is 14.6 Å². The van der Waals surface area contributed by atoms with E-state index >= 15 is 0 Å². The Balaban J connectivity index is 3.18. The van der Waals surface area contributed by atoms with Gasteiger partial charge in [0.15, 0.2) is 0 Å². The van der Waals surface area contributed by atoms with Crippen molar-refractivity contribution in [3.63, 3.8) is 0 Å². The Morgan fingerprint density at radius 2 is 1.71 bits per heavy atom. The minimum absolute atomic E-state index is 0.456. The fourth-order valence-corrected chi connectivity index (χ4v) is 1.27. The standard InChI is InChI=1S/C10H12O4/c1-13-10(14-2,9(11)12)8-6-4-3-5-7-8/h3-7H,1-2H3,(H,11,12). The zero-order valence-electron chi connectivity index (χ0n) is 8.06. The van der Waals surface area contributed by atoms with Crippen LogP contribution in [0.2, 0.25) is 0 Å². The van der Waals surface area contributed by atoms with Gasteiger partial charge in [0.25, 0.3) is 5.79 Å². The summed E-state index contributed by atoms with van der Waals surface area (Å²) in [5.41, 5.74) is 0.456. The molecule has 1 rings (SSSR count). The molecule has 0 heterocycles. The molecule has 0 spiro atoms. The van der Waals surface area contributed by atoms with Crippen molar-refractivity contribution in [2.24, 2.45) is 0 Å². The lowest BCUT2D eigenvalue weighted by Gasteiger charge is -2.26. The van der Waals surface area contributed by atoms with Crippen molar-refractivity contribution in [3.05, 3.63) is 35.9 Å². The molecule has 1 aromatic rings. The molecule has 0 saturated carbocycles. The van der Waals surface area contributed by atoms with E-state index in [4.69, 9.17) is 14.6 Å². The maximum Gasteiger partial charge on any atom is 0.369 e. The summed E-state index contributed by atoms with van der Waals surface area (Å²) < 4.78 is 9.83. The number of rotatable bonds is 4. The van der Waals surface area contributed by atoms with E-state index in [1.807, 2.05) is 0 Å². The third kappa shape index (κ3) is 1.62. The van der Waals surface area contributed by atoms with Gasteiger partial charge in [0.1, 0.15) is 0 Å². The molecule has 4 heteroatoms. The molecule has 1 N–H and O–H groups in total. The summed E-state index contributed by atoms with van der Waals surface area (Å²) in [6.45, 7) is 0. The number of carboxylic acids is 1. The first-order valence-electron chi connectivity index (χ1n) is 4.06. The Bertz CT molecular complexity index is 303. The van der Waals surface area contributed by atoms with E-state index in [1.165, 1.54) is 14.2 Å². The second kappa shape index (κ2) is 4.21. The topological polar surface area (TPSA) is 55.8 Å². The lowest BCUT2D eigenvalue weighted by molar-refractivity contribution is -0.231. The first-order valence-corrected chi connectivity index (χ1v) is 4.06. The van der Waals surface area contributed by atoms with E-state index in [1.54, 1.807) is 30.3 Å². The molecule has 0 atom stereocenters. The Morgan fingerprint density at radius 3 is 2.07 bits per heavy atom. The number of aliphatic carboxylic acids is 1. The van der Waals surface area contributed by atoms with Crippen molar-refractivity contribution in [3.8, 4) is 0 Å². The zero-order valence-corrected chi connectivity index (χ0v) is 8.06. The van der Waals surface area contributed by atoms with Gasteiger partial charge in [-0.1, -0.05) is 30.3 Å². The van der Waals surface area contributed by atoms with Gasteiger partial charge in [0.05, 0.1) is 0 Å². The van der Waals surface area contributed by atoms with Gasteiger partial charge in [-0.3, -0.25) is 0 Å². The van der Waals surface area contributed by atoms with Crippen molar-refractivity contribution >= 4 is 5.97 Å². The van der Waals surface area contributed by atoms with E-state index in [0.29, 0.717) is 5.56 Å². The molecule has 4 nitrogen and oxygen atoms in total. The third-order valence-corrected chi connectivity index (χ3v) is 2.01. The van der Waals surface area contributed by atoms with Crippen molar-refractivity contribution in [1.29, 1.82) is 0 Å². The van der Waals surface area contributed by atoms with Crippen LogP contribution in [0.5, 0.6) is 0 Å². The molecule has 0 aliphatic heterocycles. The molecule has 0 aliphatic rings. The highest BCUT2D eigenvalue weighted by molar-refractivity contribution is 5.77. The van der Waals surface area contributed by atoms with E-state index in [-0.39, 0.29) is 0 Å². The SMILES string of the molecule is COC(OC)(C(=O)O)c1ccccc1. The molecule has 0 fully saturated rings.